The van der Waals surface area contributed by atoms with Gasteiger partial charge in [-0.1, -0.05) is 68.4 Å². The molecule has 4 aromatic carbocycles. The highest BCUT2D eigenvalue weighted by Gasteiger charge is 2.49. The van der Waals surface area contributed by atoms with Crippen molar-refractivity contribution in [3.8, 4) is 17.4 Å². The van der Waals surface area contributed by atoms with Gasteiger partial charge >= 0.3 is 0 Å². The summed E-state index contributed by atoms with van der Waals surface area (Å²) in [6.07, 6.45) is 1.91. The summed E-state index contributed by atoms with van der Waals surface area (Å²) in [4.78, 5) is 12.7. The summed E-state index contributed by atoms with van der Waals surface area (Å²) in [6.45, 7) is 13.7. The Morgan fingerprint density at radius 2 is 1.55 bits per heavy atom. The lowest BCUT2D eigenvalue weighted by atomic mass is 9.76. The van der Waals surface area contributed by atoms with Gasteiger partial charge in [0, 0.05) is 22.7 Å². The van der Waals surface area contributed by atoms with Crippen LogP contribution < -0.4 is 9.64 Å². The van der Waals surface area contributed by atoms with Crippen LogP contribution in [0.3, 0.4) is 0 Å². The van der Waals surface area contributed by atoms with Crippen molar-refractivity contribution < 1.29 is 9.84 Å². The molecule has 222 valence electrons. The molecule has 1 aromatic heterocycles. The third-order valence-corrected chi connectivity index (χ3v) is 9.71. The van der Waals surface area contributed by atoms with Crippen LogP contribution in [0.5, 0.6) is 17.4 Å². The highest BCUT2D eigenvalue weighted by Crippen LogP contribution is 2.46. The predicted octanol–water partition coefficient (Wildman–Crippen LogP) is 8.80. The monoisotopic (exact) mass is 581 g/mol. The summed E-state index contributed by atoms with van der Waals surface area (Å²) < 4.78 is 6.30. The van der Waals surface area contributed by atoms with Crippen LogP contribution in [0, 0.1) is 33.1 Å². The Morgan fingerprint density at radius 1 is 0.818 bits per heavy atom. The van der Waals surface area contributed by atoms with Crippen LogP contribution in [-0.4, -0.2) is 28.0 Å². The van der Waals surface area contributed by atoms with Gasteiger partial charge in [0.25, 0.3) is 0 Å². The van der Waals surface area contributed by atoms with E-state index in [2.05, 4.69) is 93.9 Å². The first kappa shape index (κ1) is 28.1. The van der Waals surface area contributed by atoms with Crippen molar-refractivity contribution in [2.75, 3.05) is 4.90 Å². The fourth-order valence-electron chi connectivity index (χ4n) is 7.38. The minimum atomic E-state index is -0.0375. The quantitative estimate of drug-likeness (QED) is 0.230. The first-order valence-corrected chi connectivity index (χ1v) is 15.5. The van der Waals surface area contributed by atoms with Gasteiger partial charge in [-0.25, -0.2) is 4.98 Å². The van der Waals surface area contributed by atoms with E-state index in [1.807, 2.05) is 36.4 Å². The number of nitrogens with zero attached hydrogens (tertiary/aromatic N) is 3. The van der Waals surface area contributed by atoms with Gasteiger partial charge in [0.2, 0.25) is 5.88 Å². The fraction of sp³-hybridized carbons (Fsp3) is 0.282. The van der Waals surface area contributed by atoms with Gasteiger partial charge < -0.3 is 14.7 Å². The molecule has 44 heavy (non-hydrogen) atoms. The van der Waals surface area contributed by atoms with Crippen LogP contribution in [0.4, 0.5) is 5.69 Å². The molecule has 5 nitrogen and oxygen atoms in total. The van der Waals surface area contributed by atoms with Crippen molar-refractivity contribution in [1.29, 1.82) is 0 Å². The van der Waals surface area contributed by atoms with Crippen LogP contribution in [0.15, 0.2) is 89.9 Å². The van der Waals surface area contributed by atoms with Crippen LogP contribution in [-0.2, 0) is 12.8 Å². The van der Waals surface area contributed by atoms with E-state index >= 15 is 0 Å². The molecule has 0 radical (unpaired) electrons. The third kappa shape index (κ3) is 4.71. The van der Waals surface area contributed by atoms with E-state index in [4.69, 9.17) is 9.73 Å². The standard InChI is InChI=1S/C39H39N3O2/c1-23-19-24(2)26(4)36(25(23)3)42-37-32(21-28-11-7-8-12-30(28)22-39(37,5)6)40-38(42)29-14-9-15-31(20-29)44-34-18-17-27-13-10-16-33(43)35(27)41-34/h7-20,32,37,43H,21-22H2,1-6H3/t32-,37+/m0/s1. The smallest absolute Gasteiger partial charge is 0.219 e. The molecule has 2 heterocycles. The van der Waals surface area contributed by atoms with Crippen molar-refractivity contribution in [2.45, 2.75) is 66.5 Å². The number of anilines is 1. The molecule has 0 saturated carbocycles. The minimum Gasteiger partial charge on any atom is -0.506 e. The number of pyridine rings is 1. The van der Waals surface area contributed by atoms with Crippen molar-refractivity contribution >= 4 is 22.4 Å². The molecule has 0 fully saturated rings. The van der Waals surface area contributed by atoms with E-state index in [9.17, 15) is 5.11 Å². The molecule has 1 N–H and O–H groups in total. The second-order valence-electron chi connectivity index (χ2n) is 13.2. The number of benzene rings is 4. The second-order valence-corrected chi connectivity index (χ2v) is 13.2. The number of aryl methyl sites for hydroxylation is 2. The van der Waals surface area contributed by atoms with Crippen molar-refractivity contribution in [1.82, 2.24) is 4.98 Å². The summed E-state index contributed by atoms with van der Waals surface area (Å²) >= 11 is 0. The van der Waals surface area contributed by atoms with E-state index in [0.717, 1.165) is 29.6 Å². The lowest BCUT2D eigenvalue weighted by molar-refractivity contribution is 0.270. The zero-order valence-electron chi connectivity index (χ0n) is 26.3. The average molecular weight is 582 g/mol. The van der Waals surface area contributed by atoms with Crippen LogP contribution in [0.1, 0.15) is 52.8 Å². The predicted molar refractivity (Wildman–Crippen MR) is 180 cm³/mol. The lowest BCUT2D eigenvalue weighted by Crippen LogP contribution is -2.50. The number of aliphatic imine (C=N–C) groups is 1. The first-order chi connectivity index (χ1) is 21.1. The molecular formula is C39H39N3O2. The van der Waals surface area contributed by atoms with E-state index in [-0.39, 0.29) is 23.2 Å². The Morgan fingerprint density at radius 3 is 2.32 bits per heavy atom. The normalized spacial score (nSPS) is 18.9. The van der Waals surface area contributed by atoms with Gasteiger partial charge in [-0.3, -0.25) is 4.99 Å². The Bertz CT molecular complexity index is 1930. The summed E-state index contributed by atoms with van der Waals surface area (Å²) in [5, 5.41) is 11.2. The number of phenolic OH excluding ortho intramolecular Hbond substituents is 1. The molecule has 0 spiro atoms. The molecule has 1 aliphatic carbocycles. The number of fused-ring (bicyclic) bond motifs is 3. The molecule has 0 bridgehead atoms. The van der Waals surface area contributed by atoms with E-state index < -0.39 is 0 Å². The van der Waals surface area contributed by atoms with Crippen LogP contribution in [0.25, 0.3) is 10.9 Å². The lowest BCUT2D eigenvalue weighted by Gasteiger charge is -2.42. The fourth-order valence-corrected chi connectivity index (χ4v) is 7.38. The Hall–Kier alpha value is -4.64. The van der Waals surface area contributed by atoms with Gasteiger partial charge in [-0.15, -0.1) is 0 Å². The summed E-state index contributed by atoms with van der Waals surface area (Å²) in [7, 11) is 0. The molecule has 5 aromatic rings. The molecule has 0 unspecified atom stereocenters. The minimum absolute atomic E-state index is 0.0375. The summed E-state index contributed by atoms with van der Waals surface area (Å²) in [6, 6.07) is 28.8. The van der Waals surface area contributed by atoms with E-state index in [1.165, 1.54) is 39.1 Å². The van der Waals surface area contributed by atoms with Gasteiger partial charge in [0.1, 0.15) is 22.9 Å². The van der Waals surface area contributed by atoms with Crippen LogP contribution >= 0.6 is 0 Å². The summed E-state index contributed by atoms with van der Waals surface area (Å²) in [5.41, 5.74) is 10.8. The number of aromatic nitrogens is 1. The maximum atomic E-state index is 10.4. The van der Waals surface area contributed by atoms with Gasteiger partial charge in [0.05, 0.1) is 12.1 Å². The Balaban J connectivity index is 1.35. The molecule has 0 amide bonds. The topological polar surface area (TPSA) is 58.0 Å². The number of hydrogen-bond acceptors (Lipinski definition) is 5. The number of amidine groups is 1. The SMILES string of the molecule is Cc1cc(C)c(C)c(N2C(c3cccc(Oc4ccc5cccc(O)c5n4)c3)=N[C@H]3Cc4ccccc4CC(C)(C)[C@@H]32)c1C. The third-order valence-electron chi connectivity index (χ3n) is 9.71. The molecule has 0 saturated heterocycles. The number of hydrogen-bond donors (Lipinski definition) is 1. The zero-order chi connectivity index (χ0) is 30.7. The van der Waals surface area contributed by atoms with E-state index in [1.54, 1.807) is 6.07 Å². The average Bonchev–Trinajstić information content (AvgIpc) is 3.32. The zero-order valence-corrected chi connectivity index (χ0v) is 26.3. The van der Waals surface area contributed by atoms with Gasteiger partial charge in [-0.05, 0) is 104 Å². The van der Waals surface area contributed by atoms with Gasteiger partial charge in [0.15, 0.2) is 0 Å². The summed E-state index contributed by atoms with van der Waals surface area (Å²) in [5.74, 6) is 2.24. The molecular weight excluding hydrogens is 542 g/mol. The van der Waals surface area contributed by atoms with Gasteiger partial charge in [-0.2, -0.15) is 0 Å². The molecule has 2 atom stereocenters. The van der Waals surface area contributed by atoms with Crippen LogP contribution in [0.2, 0.25) is 0 Å². The first-order valence-electron chi connectivity index (χ1n) is 15.5. The molecule has 7 rings (SSSR count). The maximum Gasteiger partial charge on any atom is 0.219 e. The number of phenols is 1. The molecule has 1 aliphatic heterocycles. The maximum absolute atomic E-state index is 10.4. The number of para-hydroxylation sites is 1. The Kier molecular flexibility index (Phi) is 6.73. The number of ether oxygens (including phenoxy) is 1. The Labute approximate surface area is 259 Å². The highest BCUT2D eigenvalue weighted by molar-refractivity contribution is 6.13. The molecule has 5 heteroatoms. The largest absolute Gasteiger partial charge is 0.506 e. The van der Waals surface area contributed by atoms with Crippen molar-refractivity contribution in [2.24, 2.45) is 10.4 Å². The van der Waals surface area contributed by atoms with Crippen molar-refractivity contribution in [3.05, 3.63) is 124 Å². The molecule has 2 aliphatic rings. The second kappa shape index (κ2) is 10.5. The number of rotatable bonds is 4. The number of aromatic hydroxyl groups is 1. The highest BCUT2D eigenvalue weighted by atomic mass is 16.5. The van der Waals surface area contributed by atoms with E-state index in [0.29, 0.717) is 17.1 Å². The van der Waals surface area contributed by atoms with Crippen molar-refractivity contribution in [3.63, 3.8) is 0 Å².